The topological polar surface area (TPSA) is 66.5 Å². The van der Waals surface area contributed by atoms with Gasteiger partial charge >= 0.3 is 0 Å². The van der Waals surface area contributed by atoms with Gasteiger partial charge < -0.3 is 5.32 Å². The Bertz CT molecular complexity index is 858. The van der Waals surface area contributed by atoms with Gasteiger partial charge in [-0.3, -0.25) is 9.10 Å². The van der Waals surface area contributed by atoms with E-state index in [4.69, 9.17) is 0 Å². The predicted octanol–water partition coefficient (Wildman–Crippen LogP) is 3.64. The molecule has 0 saturated heterocycles. The van der Waals surface area contributed by atoms with Crippen molar-refractivity contribution >= 4 is 21.6 Å². The minimum atomic E-state index is -3.74. The Kier molecular flexibility index (Phi) is 6.16. The Morgan fingerprint density at radius 3 is 2.30 bits per heavy atom. The molecule has 5 nitrogen and oxygen atoms in total. The van der Waals surface area contributed by atoms with Gasteiger partial charge in [-0.25, -0.2) is 8.42 Å². The highest BCUT2D eigenvalue weighted by Gasteiger charge is 2.26. The number of amides is 1. The van der Waals surface area contributed by atoms with Crippen LogP contribution in [0, 0.1) is 6.92 Å². The zero-order chi connectivity index (χ0) is 19.3. The number of hydrogen-bond donors (Lipinski definition) is 1. The van der Waals surface area contributed by atoms with Crippen LogP contribution in [0.2, 0.25) is 0 Å². The number of hydrogen-bond acceptors (Lipinski definition) is 3. The molecular formula is C21H26N2O3S. The fraction of sp³-hybridized carbons (Fsp3) is 0.381. The van der Waals surface area contributed by atoms with E-state index < -0.39 is 10.0 Å². The second-order valence-electron chi connectivity index (χ2n) is 7.02. The normalized spacial score (nSPS) is 14.9. The van der Waals surface area contributed by atoms with E-state index in [1.807, 2.05) is 13.0 Å². The van der Waals surface area contributed by atoms with Gasteiger partial charge in [0.25, 0.3) is 10.0 Å². The maximum absolute atomic E-state index is 13.2. The summed E-state index contributed by atoms with van der Waals surface area (Å²) < 4.78 is 27.7. The van der Waals surface area contributed by atoms with Crippen LogP contribution in [-0.2, 0) is 14.8 Å². The Labute approximate surface area is 161 Å². The summed E-state index contributed by atoms with van der Waals surface area (Å²) in [5, 5.41) is 3.02. The van der Waals surface area contributed by atoms with Crippen LogP contribution in [0.25, 0.3) is 0 Å². The van der Waals surface area contributed by atoms with Gasteiger partial charge in [-0.05, 0) is 44.0 Å². The fourth-order valence-corrected chi connectivity index (χ4v) is 4.86. The average Bonchev–Trinajstić information content (AvgIpc) is 3.16. The number of sulfonamides is 1. The SMILES string of the molecule is Cc1ccc(S(=O)(=O)N(CCC(=O)NC2CCCC2)c2ccccc2)cc1. The van der Waals surface area contributed by atoms with E-state index in [-0.39, 0.29) is 29.8 Å². The monoisotopic (exact) mass is 386 g/mol. The molecule has 1 aliphatic rings. The number of aryl methyl sites for hydroxylation is 1. The number of para-hydroxylation sites is 1. The van der Waals surface area contributed by atoms with Crippen LogP contribution in [0.4, 0.5) is 5.69 Å². The summed E-state index contributed by atoms with van der Waals surface area (Å²) in [4.78, 5) is 12.5. The number of nitrogens with zero attached hydrogens (tertiary/aromatic N) is 1. The highest BCUT2D eigenvalue weighted by atomic mass is 32.2. The van der Waals surface area contributed by atoms with Gasteiger partial charge in [0.15, 0.2) is 0 Å². The molecule has 0 aliphatic heterocycles. The lowest BCUT2D eigenvalue weighted by molar-refractivity contribution is -0.121. The molecule has 1 aliphatic carbocycles. The molecule has 0 bridgehead atoms. The Morgan fingerprint density at radius 1 is 1.04 bits per heavy atom. The summed E-state index contributed by atoms with van der Waals surface area (Å²) in [5.74, 6) is -0.0954. The smallest absolute Gasteiger partial charge is 0.264 e. The standard InChI is InChI=1S/C21H26N2O3S/c1-17-11-13-20(14-12-17)27(25,26)23(19-9-3-2-4-10-19)16-15-21(24)22-18-7-5-6-8-18/h2-4,9-14,18H,5-8,15-16H2,1H3,(H,22,24). The minimum absolute atomic E-state index is 0.0954. The number of benzene rings is 2. The van der Waals surface area contributed by atoms with Gasteiger partial charge in [0.05, 0.1) is 10.6 Å². The first kappa shape index (κ1) is 19.4. The molecule has 144 valence electrons. The lowest BCUT2D eigenvalue weighted by atomic mass is 10.2. The number of rotatable bonds is 7. The van der Waals surface area contributed by atoms with Gasteiger partial charge in [-0.15, -0.1) is 0 Å². The third-order valence-electron chi connectivity index (χ3n) is 4.92. The summed E-state index contributed by atoms with van der Waals surface area (Å²) in [6.07, 6.45) is 4.44. The first-order chi connectivity index (χ1) is 13.0. The summed E-state index contributed by atoms with van der Waals surface area (Å²) in [6.45, 7) is 2.03. The second kappa shape index (κ2) is 8.57. The molecule has 27 heavy (non-hydrogen) atoms. The number of carbonyl (C=O) groups is 1. The third-order valence-corrected chi connectivity index (χ3v) is 6.76. The van der Waals surface area contributed by atoms with E-state index in [1.165, 1.54) is 4.31 Å². The quantitative estimate of drug-likeness (QED) is 0.790. The molecule has 2 aromatic carbocycles. The third kappa shape index (κ3) is 4.89. The van der Waals surface area contributed by atoms with Crippen LogP contribution in [0.1, 0.15) is 37.7 Å². The van der Waals surface area contributed by atoms with E-state index in [9.17, 15) is 13.2 Å². The van der Waals surface area contributed by atoms with Crippen molar-refractivity contribution in [1.82, 2.24) is 5.32 Å². The molecule has 0 spiro atoms. The fourth-order valence-electron chi connectivity index (χ4n) is 3.39. The van der Waals surface area contributed by atoms with Gasteiger partial charge in [0.2, 0.25) is 5.91 Å². The number of anilines is 1. The van der Waals surface area contributed by atoms with E-state index >= 15 is 0 Å². The highest BCUT2D eigenvalue weighted by Crippen LogP contribution is 2.24. The summed E-state index contributed by atoms with van der Waals surface area (Å²) in [5.41, 5.74) is 1.56. The van der Waals surface area contributed by atoms with Crippen molar-refractivity contribution in [1.29, 1.82) is 0 Å². The van der Waals surface area contributed by atoms with Crippen molar-refractivity contribution in [2.45, 2.75) is 50.0 Å². The zero-order valence-electron chi connectivity index (χ0n) is 15.6. The average molecular weight is 387 g/mol. The van der Waals surface area contributed by atoms with E-state index in [2.05, 4.69) is 5.32 Å². The molecule has 0 aromatic heterocycles. The molecule has 0 unspecified atom stereocenters. The van der Waals surface area contributed by atoms with Crippen LogP contribution < -0.4 is 9.62 Å². The van der Waals surface area contributed by atoms with Crippen molar-refractivity contribution in [3.63, 3.8) is 0 Å². The molecular weight excluding hydrogens is 360 g/mol. The molecule has 1 saturated carbocycles. The lowest BCUT2D eigenvalue weighted by Crippen LogP contribution is -2.38. The summed E-state index contributed by atoms with van der Waals surface area (Å²) >= 11 is 0. The minimum Gasteiger partial charge on any atom is -0.353 e. The largest absolute Gasteiger partial charge is 0.353 e. The molecule has 1 N–H and O–H groups in total. The van der Waals surface area contributed by atoms with Gasteiger partial charge in [-0.1, -0.05) is 48.7 Å². The summed E-state index contributed by atoms with van der Waals surface area (Å²) in [7, 11) is -3.74. The van der Waals surface area contributed by atoms with Gasteiger partial charge in [0.1, 0.15) is 0 Å². The van der Waals surface area contributed by atoms with Crippen LogP contribution in [-0.4, -0.2) is 26.9 Å². The van der Waals surface area contributed by atoms with Crippen LogP contribution >= 0.6 is 0 Å². The van der Waals surface area contributed by atoms with Crippen molar-refractivity contribution in [2.24, 2.45) is 0 Å². The molecule has 6 heteroatoms. The van der Waals surface area contributed by atoms with Gasteiger partial charge in [-0.2, -0.15) is 0 Å². The van der Waals surface area contributed by atoms with Crippen LogP contribution in [0.15, 0.2) is 59.5 Å². The first-order valence-corrected chi connectivity index (χ1v) is 10.8. The highest BCUT2D eigenvalue weighted by molar-refractivity contribution is 7.92. The van der Waals surface area contributed by atoms with E-state index in [0.29, 0.717) is 5.69 Å². The summed E-state index contributed by atoms with van der Waals surface area (Å²) in [6, 6.07) is 16.0. The molecule has 0 radical (unpaired) electrons. The van der Waals surface area contributed by atoms with E-state index in [0.717, 1.165) is 31.2 Å². The van der Waals surface area contributed by atoms with Crippen LogP contribution in [0.3, 0.4) is 0 Å². The zero-order valence-corrected chi connectivity index (χ0v) is 16.4. The Morgan fingerprint density at radius 2 is 1.67 bits per heavy atom. The maximum atomic E-state index is 13.2. The second-order valence-corrected chi connectivity index (χ2v) is 8.89. The number of carbonyl (C=O) groups excluding carboxylic acids is 1. The molecule has 0 heterocycles. The predicted molar refractivity (Wildman–Crippen MR) is 107 cm³/mol. The van der Waals surface area contributed by atoms with E-state index in [1.54, 1.807) is 48.5 Å². The van der Waals surface area contributed by atoms with Crippen molar-refractivity contribution < 1.29 is 13.2 Å². The molecule has 3 rings (SSSR count). The Balaban J connectivity index is 1.79. The van der Waals surface area contributed by atoms with Crippen molar-refractivity contribution in [3.05, 3.63) is 60.2 Å². The first-order valence-electron chi connectivity index (χ1n) is 9.40. The lowest BCUT2D eigenvalue weighted by Gasteiger charge is -2.25. The molecule has 2 aromatic rings. The van der Waals surface area contributed by atoms with Crippen molar-refractivity contribution in [3.8, 4) is 0 Å². The van der Waals surface area contributed by atoms with Crippen molar-refractivity contribution in [2.75, 3.05) is 10.8 Å². The molecule has 1 fully saturated rings. The number of nitrogens with one attached hydrogen (secondary N) is 1. The Hall–Kier alpha value is -2.34. The molecule has 1 amide bonds. The molecule has 0 atom stereocenters. The maximum Gasteiger partial charge on any atom is 0.264 e. The van der Waals surface area contributed by atoms with Gasteiger partial charge in [0, 0.05) is 19.0 Å². The van der Waals surface area contributed by atoms with Crippen LogP contribution in [0.5, 0.6) is 0 Å².